The van der Waals surface area contributed by atoms with E-state index in [9.17, 15) is 14.7 Å². The lowest BCUT2D eigenvalue weighted by atomic mass is 10.2. The van der Waals surface area contributed by atoms with E-state index in [1.54, 1.807) is 36.4 Å². The zero-order valence-electron chi connectivity index (χ0n) is 15.7. The molecule has 0 radical (unpaired) electrons. The average Bonchev–Trinajstić information content (AvgIpc) is 2.75. The van der Waals surface area contributed by atoms with Crippen molar-refractivity contribution >= 4 is 11.9 Å². The molecule has 0 aromatic heterocycles. The summed E-state index contributed by atoms with van der Waals surface area (Å²) < 4.78 is 20.6. The molecule has 0 aliphatic heterocycles. The first-order valence-corrected chi connectivity index (χ1v) is 8.55. The van der Waals surface area contributed by atoms with Crippen molar-refractivity contribution in [1.29, 1.82) is 0 Å². The topological polar surface area (TPSA) is 91.3 Å². The average molecular weight is 394 g/mol. The number of ether oxygens (including phenoxy) is 4. The zero-order valence-corrected chi connectivity index (χ0v) is 15.7. The van der Waals surface area contributed by atoms with Crippen LogP contribution in [-0.2, 0) is 0 Å². The van der Waals surface area contributed by atoms with Gasteiger partial charge >= 0.3 is 11.9 Å². The summed E-state index contributed by atoms with van der Waals surface area (Å²) in [6, 6.07) is 16.8. The first-order valence-electron chi connectivity index (χ1n) is 8.55. The number of carbonyl (C=O) groups is 2. The van der Waals surface area contributed by atoms with Crippen LogP contribution in [0.15, 0.2) is 66.7 Å². The van der Waals surface area contributed by atoms with Crippen molar-refractivity contribution in [2.24, 2.45) is 0 Å². The van der Waals surface area contributed by atoms with Gasteiger partial charge in [0.2, 0.25) is 0 Å². The predicted molar refractivity (Wildman–Crippen MR) is 104 cm³/mol. The monoisotopic (exact) mass is 394 g/mol. The van der Waals surface area contributed by atoms with Gasteiger partial charge in [0.1, 0.15) is 17.2 Å². The number of aromatic hydroxyl groups is 1. The maximum absolute atomic E-state index is 12.3. The third-order valence-electron chi connectivity index (χ3n) is 3.95. The molecule has 0 atom stereocenters. The fourth-order valence-electron chi connectivity index (χ4n) is 2.47. The molecule has 0 fully saturated rings. The predicted octanol–water partition coefficient (Wildman–Crippen LogP) is 3.85. The normalized spacial score (nSPS) is 10.1. The third kappa shape index (κ3) is 4.84. The number of methoxy groups -OCH3 is 2. The van der Waals surface area contributed by atoms with Crippen molar-refractivity contribution in [3.8, 4) is 28.7 Å². The fourth-order valence-corrected chi connectivity index (χ4v) is 2.47. The number of rotatable bonds is 6. The van der Waals surface area contributed by atoms with Gasteiger partial charge in [-0.05, 0) is 48.5 Å². The molecule has 3 rings (SSSR count). The minimum absolute atomic E-state index is 0.0704. The summed E-state index contributed by atoms with van der Waals surface area (Å²) in [5.74, 6) is -0.594. The second kappa shape index (κ2) is 8.79. The molecular formula is C22H18O7. The zero-order chi connectivity index (χ0) is 20.8. The van der Waals surface area contributed by atoms with E-state index in [0.29, 0.717) is 11.5 Å². The largest absolute Gasteiger partial charge is 0.504 e. The highest BCUT2D eigenvalue weighted by atomic mass is 16.5. The van der Waals surface area contributed by atoms with Gasteiger partial charge in [0.25, 0.3) is 0 Å². The second-order valence-electron chi connectivity index (χ2n) is 5.87. The van der Waals surface area contributed by atoms with Gasteiger partial charge in [0, 0.05) is 6.07 Å². The van der Waals surface area contributed by atoms with E-state index >= 15 is 0 Å². The number of phenols is 1. The van der Waals surface area contributed by atoms with Gasteiger partial charge in [-0.3, -0.25) is 0 Å². The van der Waals surface area contributed by atoms with Crippen LogP contribution >= 0.6 is 0 Å². The molecule has 0 unspecified atom stereocenters. The van der Waals surface area contributed by atoms with Crippen LogP contribution in [-0.4, -0.2) is 31.3 Å². The maximum Gasteiger partial charge on any atom is 0.343 e. The van der Waals surface area contributed by atoms with Crippen molar-refractivity contribution < 1.29 is 33.6 Å². The molecule has 0 heterocycles. The minimum atomic E-state index is -0.666. The molecule has 0 saturated heterocycles. The molecular weight excluding hydrogens is 376 g/mol. The highest BCUT2D eigenvalue weighted by Gasteiger charge is 2.15. The number of benzene rings is 3. The van der Waals surface area contributed by atoms with E-state index in [2.05, 4.69) is 0 Å². The second-order valence-corrected chi connectivity index (χ2v) is 5.87. The first kappa shape index (κ1) is 19.8. The molecule has 29 heavy (non-hydrogen) atoms. The smallest absolute Gasteiger partial charge is 0.343 e. The SMILES string of the molecule is COc1cccc(C(=O)Oc2ccc(OC(=O)c3cccc(OC)c3)c(O)c2)c1. The molecule has 0 amide bonds. The molecule has 0 aliphatic carbocycles. The maximum atomic E-state index is 12.3. The number of phenolic OH excluding ortho intramolecular Hbond substituents is 1. The highest BCUT2D eigenvalue weighted by molar-refractivity contribution is 5.92. The lowest BCUT2D eigenvalue weighted by Crippen LogP contribution is -2.10. The molecule has 148 valence electrons. The van der Waals surface area contributed by atoms with Crippen molar-refractivity contribution in [2.75, 3.05) is 14.2 Å². The van der Waals surface area contributed by atoms with Gasteiger partial charge in [-0.15, -0.1) is 0 Å². The number of hydrogen-bond acceptors (Lipinski definition) is 7. The van der Waals surface area contributed by atoms with Crippen LogP contribution < -0.4 is 18.9 Å². The Hall–Kier alpha value is -4.00. The standard InChI is InChI=1S/C22H18O7/c1-26-16-7-3-5-14(11-16)21(24)28-18-9-10-20(19(23)13-18)29-22(25)15-6-4-8-17(12-15)27-2/h3-13,23H,1-2H3. The molecule has 7 heteroatoms. The summed E-state index contributed by atoms with van der Waals surface area (Å²) in [6.07, 6.45) is 0. The van der Waals surface area contributed by atoms with Gasteiger partial charge < -0.3 is 24.1 Å². The molecule has 7 nitrogen and oxygen atoms in total. The van der Waals surface area contributed by atoms with E-state index in [-0.39, 0.29) is 28.4 Å². The van der Waals surface area contributed by atoms with Gasteiger partial charge in [0.15, 0.2) is 11.5 Å². The quantitative estimate of drug-likeness (QED) is 0.502. The molecule has 0 saturated carbocycles. The Morgan fingerprint density at radius 1 is 0.690 bits per heavy atom. The van der Waals surface area contributed by atoms with Crippen molar-refractivity contribution in [1.82, 2.24) is 0 Å². The molecule has 0 spiro atoms. The lowest BCUT2D eigenvalue weighted by Gasteiger charge is -2.10. The highest BCUT2D eigenvalue weighted by Crippen LogP contribution is 2.31. The molecule has 0 aliphatic rings. The Labute approximate surface area is 167 Å². The first-order chi connectivity index (χ1) is 14.0. The van der Waals surface area contributed by atoms with Crippen LogP contribution in [0.2, 0.25) is 0 Å². The summed E-state index contributed by atoms with van der Waals surface area (Å²) in [7, 11) is 2.98. The van der Waals surface area contributed by atoms with Crippen molar-refractivity contribution in [2.45, 2.75) is 0 Å². The van der Waals surface area contributed by atoms with Crippen molar-refractivity contribution in [3.63, 3.8) is 0 Å². The van der Waals surface area contributed by atoms with Gasteiger partial charge in [-0.25, -0.2) is 9.59 Å². The van der Waals surface area contributed by atoms with Crippen LogP contribution in [0.1, 0.15) is 20.7 Å². The van der Waals surface area contributed by atoms with E-state index < -0.39 is 11.9 Å². The van der Waals surface area contributed by atoms with E-state index in [1.165, 1.54) is 44.6 Å². The number of esters is 2. The van der Waals surface area contributed by atoms with E-state index in [4.69, 9.17) is 18.9 Å². The van der Waals surface area contributed by atoms with Crippen LogP contribution in [0.25, 0.3) is 0 Å². The summed E-state index contributed by atoms with van der Waals surface area (Å²) >= 11 is 0. The van der Waals surface area contributed by atoms with Crippen LogP contribution in [0.3, 0.4) is 0 Å². The Morgan fingerprint density at radius 3 is 1.76 bits per heavy atom. The Bertz CT molecular complexity index is 1040. The third-order valence-corrected chi connectivity index (χ3v) is 3.95. The summed E-state index contributed by atoms with van der Waals surface area (Å²) in [5.41, 5.74) is 0.551. The summed E-state index contributed by atoms with van der Waals surface area (Å²) in [6.45, 7) is 0. The Kier molecular flexibility index (Phi) is 5.99. The lowest BCUT2D eigenvalue weighted by molar-refractivity contribution is 0.0715. The molecule has 3 aromatic rings. The van der Waals surface area contributed by atoms with Gasteiger partial charge in [0.05, 0.1) is 25.3 Å². The van der Waals surface area contributed by atoms with Crippen LogP contribution in [0.4, 0.5) is 0 Å². The molecule has 3 aromatic carbocycles. The van der Waals surface area contributed by atoms with Crippen LogP contribution in [0.5, 0.6) is 28.7 Å². The molecule has 1 N–H and O–H groups in total. The number of hydrogen-bond donors (Lipinski definition) is 1. The van der Waals surface area contributed by atoms with Gasteiger partial charge in [-0.1, -0.05) is 12.1 Å². The van der Waals surface area contributed by atoms with Crippen LogP contribution in [0, 0.1) is 0 Å². The minimum Gasteiger partial charge on any atom is -0.504 e. The Morgan fingerprint density at radius 2 is 1.24 bits per heavy atom. The number of carbonyl (C=O) groups excluding carboxylic acids is 2. The summed E-state index contributed by atoms with van der Waals surface area (Å²) in [5, 5.41) is 10.1. The van der Waals surface area contributed by atoms with E-state index in [1.807, 2.05) is 0 Å². The van der Waals surface area contributed by atoms with Crippen molar-refractivity contribution in [3.05, 3.63) is 77.9 Å². The van der Waals surface area contributed by atoms with Gasteiger partial charge in [-0.2, -0.15) is 0 Å². The summed E-state index contributed by atoms with van der Waals surface area (Å²) in [4.78, 5) is 24.5. The Balaban J connectivity index is 1.71. The molecule has 0 bridgehead atoms. The van der Waals surface area contributed by atoms with E-state index in [0.717, 1.165) is 0 Å². The fraction of sp³-hybridized carbons (Fsp3) is 0.0909.